The standard InChI is InChI=1S/C13H14BrF2N3/c1-2-5-19-12(17-18-13(19)8-14)6-9-3-4-10(15)7-11(9)16/h3-4,7H,2,5-6,8H2,1H3. The van der Waals surface area contributed by atoms with Crippen molar-refractivity contribution in [2.45, 2.75) is 31.6 Å². The Morgan fingerprint density at radius 2 is 1.95 bits per heavy atom. The van der Waals surface area contributed by atoms with Crippen molar-refractivity contribution in [3.63, 3.8) is 0 Å². The van der Waals surface area contributed by atoms with Gasteiger partial charge in [-0.2, -0.15) is 0 Å². The van der Waals surface area contributed by atoms with Crippen LogP contribution in [0.2, 0.25) is 0 Å². The van der Waals surface area contributed by atoms with Gasteiger partial charge >= 0.3 is 0 Å². The van der Waals surface area contributed by atoms with Crippen molar-refractivity contribution in [2.75, 3.05) is 0 Å². The number of halogens is 3. The van der Waals surface area contributed by atoms with E-state index in [4.69, 9.17) is 0 Å². The van der Waals surface area contributed by atoms with Crippen molar-refractivity contribution < 1.29 is 8.78 Å². The van der Waals surface area contributed by atoms with Crippen molar-refractivity contribution in [3.05, 3.63) is 47.0 Å². The fourth-order valence-electron chi connectivity index (χ4n) is 1.92. The molecule has 0 aliphatic heterocycles. The number of hydrogen-bond acceptors (Lipinski definition) is 2. The molecule has 2 aromatic rings. The van der Waals surface area contributed by atoms with Crippen LogP contribution in [0.1, 0.15) is 30.6 Å². The van der Waals surface area contributed by atoms with E-state index in [1.807, 2.05) is 4.57 Å². The molecule has 1 aromatic carbocycles. The van der Waals surface area contributed by atoms with Gasteiger partial charge in [0.15, 0.2) is 0 Å². The second kappa shape index (κ2) is 6.23. The fourth-order valence-corrected chi connectivity index (χ4v) is 2.33. The predicted octanol–water partition coefficient (Wildman–Crippen LogP) is 3.45. The highest BCUT2D eigenvalue weighted by molar-refractivity contribution is 9.08. The zero-order valence-corrected chi connectivity index (χ0v) is 12.1. The highest BCUT2D eigenvalue weighted by atomic mass is 79.9. The zero-order valence-electron chi connectivity index (χ0n) is 10.5. The molecule has 0 saturated heterocycles. The van der Waals surface area contributed by atoms with E-state index in [-0.39, 0.29) is 0 Å². The highest BCUT2D eigenvalue weighted by Gasteiger charge is 2.13. The molecule has 0 bridgehead atoms. The van der Waals surface area contributed by atoms with Gasteiger partial charge in [-0.25, -0.2) is 8.78 Å². The van der Waals surface area contributed by atoms with Crippen molar-refractivity contribution in [1.82, 2.24) is 14.8 Å². The number of rotatable bonds is 5. The van der Waals surface area contributed by atoms with Crippen LogP contribution in [0.3, 0.4) is 0 Å². The predicted molar refractivity (Wildman–Crippen MR) is 72.1 cm³/mol. The molecular formula is C13H14BrF2N3. The van der Waals surface area contributed by atoms with Gasteiger partial charge in [-0.3, -0.25) is 0 Å². The van der Waals surface area contributed by atoms with Crippen LogP contribution >= 0.6 is 15.9 Å². The Bertz CT molecular complexity index is 569. The molecule has 0 aliphatic rings. The van der Waals surface area contributed by atoms with Gasteiger partial charge in [0.1, 0.15) is 23.3 Å². The van der Waals surface area contributed by atoms with Crippen LogP contribution in [0.4, 0.5) is 8.78 Å². The van der Waals surface area contributed by atoms with Crippen molar-refractivity contribution in [2.24, 2.45) is 0 Å². The molecular weight excluding hydrogens is 316 g/mol. The van der Waals surface area contributed by atoms with Gasteiger partial charge in [-0.1, -0.05) is 28.9 Å². The molecule has 0 aliphatic carbocycles. The summed E-state index contributed by atoms with van der Waals surface area (Å²) in [5.74, 6) is 0.394. The van der Waals surface area contributed by atoms with Crippen LogP contribution in [-0.2, 0) is 18.3 Å². The van der Waals surface area contributed by atoms with Crippen molar-refractivity contribution >= 4 is 15.9 Å². The van der Waals surface area contributed by atoms with Crippen LogP contribution < -0.4 is 0 Å². The fraction of sp³-hybridized carbons (Fsp3) is 0.385. The lowest BCUT2D eigenvalue weighted by atomic mass is 10.1. The molecule has 6 heteroatoms. The third kappa shape index (κ3) is 3.18. The van der Waals surface area contributed by atoms with Crippen LogP contribution in [0, 0.1) is 11.6 Å². The van der Waals surface area contributed by atoms with Gasteiger partial charge in [-0.05, 0) is 18.1 Å². The number of benzene rings is 1. The lowest BCUT2D eigenvalue weighted by Gasteiger charge is -2.08. The van der Waals surface area contributed by atoms with Crippen molar-refractivity contribution in [1.29, 1.82) is 0 Å². The van der Waals surface area contributed by atoms with Crippen LogP contribution in [0.5, 0.6) is 0 Å². The second-order valence-corrected chi connectivity index (χ2v) is 4.79. The molecule has 19 heavy (non-hydrogen) atoms. The van der Waals surface area contributed by atoms with Gasteiger partial charge in [0.05, 0.1) is 5.33 Å². The van der Waals surface area contributed by atoms with E-state index in [0.717, 1.165) is 24.9 Å². The zero-order chi connectivity index (χ0) is 13.8. The number of aromatic nitrogens is 3. The molecule has 3 nitrogen and oxygen atoms in total. The largest absolute Gasteiger partial charge is 0.314 e. The Labute approximate surface area is 118 Å². The van der Waals surface area contributed by atoms with Crippen LogP contribution in [0.25, 0.3) is 0 Å². The molecule has 0 unspecified atom stereocenters. The van der Waals surface area contributed by atoms with Gasteiger partial charge < -0.3 is 4.57 Å². The summed E-state index contributed by atoms with van der Waals surface area (Å²) in [4.78, 5) is 0. The minimum absolute atomic E-state index is 0.312. The topological polar surface area (TPSA) is 30.7 Å². The molecule has 102 valence electrons. The Morgan fingerprint density at radius 3 is 2.58 bits per heavy atom. The number of nitrogens with zero attached hydrogens (tertiary/aromatic N) is 3. The molecule has 1 heterocycles. The molecule has 0 spiro atoms. The lowest BCUT2D eigenvalue weighted by molar-refractivity contribution is 0.569. The smallest absolute Gasteiger partial charge is 0.143 e. The quantitative estimate of drug-likeness (QED) is 0.786. The van der Waals surface area contributed by atoms with E-state index in [1.54, 1.807) is 0 Å². The monoisotopic (exact) mass is 329 g/mol. The maximum atomic E-state index is 13.6. The van der Waals surface area contributed by atoms with E-state index in [9.17, 15) is 8.78 Å². The summed E-state index contributed by atoms with van der Waals surface area (Å²) < 4.78 is 28.5. The summed E-state index contributed by atoms with van der Waals surface area (Å²) in [5, 5.41) is 8.76. The maximum Gasteiger partial charge on any atom is 0.143 e. The second-order valence-electron chi connectivity index (χ2n) is 4.23. The van der Waals surface area contributed by atoms with Crippen LogP contribution in [0.15, 0.2) is 18.2 Å². The molecule has 0 atom stereocenters. The normalized spacial score (nSPS) is 10.9. The number of hydrogen-bond donors (Lipinski definition) is 0. The first-order valence-corrected chi connectivity index (χ1v) is 7.18. The average Bonchev–Trinajstić information content (AvgIpc) is 2.76. The minimum Gasteiger partial charge on any atom is -0.314 e. The maximum absolute atomic E-state index is 13.6. The summed E-state index contributed by atoms with van der Waals surface area (Å²) in [5.41, 5.74) is 0.423. The minimum atomic E-state index is -0.572. The van der Waals surface area contributed by atoms with E-state index >= 15 is 0 Å². The first kappa shape index (κ1) is 14.1. The van der Waals surface area contributed by atoms with Gasteiger partial charge in [-0.15, -0.1) is 10.2 Å². The SMILES string of the molecule is CCCn1c(CBr)nnc1Cc1ccc(F)cc1F. The molecule has 1 aromatic heterocycles. The van der Waals surface area contributed by atoms with Crippen LogP contribution in [-0.4, -0.2) is 14.8 Å². The number of alkyl halides is 1. The average molecular weight is 330 g/mol. The Balaban J connectivity index is 2.29. The van der Waals surface area contributed by atoms with E-state index in [0.29, 0.717) is 23.1 Å². The molecule has 0 amide bonds. The summed E-state index contributed by atoms with van der Waals surface area (Å²) in [6.45, 7) is 2.84. The van der Waals surface area contributed by atoms with Gasteiger partial charge in [0, 0.05) is 19.0 Å². The molecule has 2 rings (SSSR count). The first-order chi connectivity index (χ1) is 9.15. The highest BCUT2D eigenvalue weighted by Crippen LogP contribution is 2.16. The molecule has 0 N–H and O–H groups in total. The van der Waals surface area contributed by atoms with E-state index in [2.05, 4.69) is 33.1 Å². The van der Waals surface area contributed by atoms with E-state index < -0.39 is 11.6 Å². The summed E-state index contributed by atoms with van der Waals surface area (Å²) >= 11 is 3.35. The van der Waals surface area contributed by atoms with Gasteiger partial charge in [0.2, 0.25) is 0 Å². The molecule has 0 radical (unpaired) electrons. The first-order valence-electron chi connectivity index (χ1n) is 6.06. The van der Waals surface area contributed by atoms with Gasteiger partial charge in [0.25, 0.3) is 0 Å². The Hall–Kier alpha value is -1.30. The summed E-state index contributed by atoms with van der Waals surface area (Å²) in [7, 11) is 0. The Morgan fingerprint density at radius 1 is 1.21 bits per heavy atom. The molecule has 0 saturated carbocycles. The summed E-state index contributed by atoms with van der Waals surface area (Å²) in [6.07, 6.45) is 1.25. The Kier molecular flexibility index (Phi) is 4.63. The van der Waals surface area contributed by atoms with Crippen molar-refractivity contribution in [3.8, 4) is 0 Å². The summed E-state index contributed by atoms with van der Waals surface area (Å²) in [6, 6.07) is 3.59. The lowest BCUT2D eigenvalue weighted by Crippen LogP contribution is -2.08. The molecule has 0 fully saturated rings. The third-order valence-electron chi connectivity index (χ3n) is 2.83. The third-order valence-corrected chi connectivity index (χ3v) is 3.34. The van der Waals surface area contributed by atoms with E-state index in [1.165, 1.54) is 12.1 Å².